The van der Waals surface area contributed by atoms with E-state index in [2.05, 4.69) is 15.6 Å². The number of guanidine groups is 1. The van der Waals surface area contributed by atoms with Gasteiger partial charge < -0.3 is 37.8 Å². The van der Waals surface area contributed by atoms with Gasteiger partial charge in [-0.05, 0) is 38.0 Å². The zero-order chi connectivity index (χ0) is 23.6. The molecule has 12 heteroatoms. The van der Waals surface area contributed by atoms with E-state index >= 15 is 0 Å². The Balaban J connectivity index is 2.54. The molecule has 1 heterocycles. The minimum absolute atomic E-state index is 0.0286. The van der Waals surface area contributed by atoms with E-state index in [1.165, 1.54) is 4.90 Å². The van der Waals surface area contributed by atoms with Gasteiger partial charge in [0.1, 0.15) is 12.1 Å². The standard InChI is InChI=1S/C19H35N7O5/c1-11(2)9-13(18(30)31)25-15(27)10-24-16(28)14-6-4-8-26(14)17(29)12(20)5-3-7-23-19(21)22/h11-14H,3-10,20H2,1-2H3,(H,24,28)(H,25,27)(H,30,31)(H4,21,22,23). The minimum atomic E-state index is -1.13. The largest absolute Gasteiger partial charge is 0.480 e. The van der Waals surface area contributed by atoms with Crippen LogP contribution in [0.25, 0.3) is 0 Å². The summed E-state index contributed by atoms with van der Waals surface area (Å²) >= 11 is 0. The Morgan fingerprint density at radius 3 is 2.48 bits per heavy atom. The number of rotatable bonds is 12. The van der Waals surface area contributed by atoms with Gasteiger partial charge in [-0.25, -0.2) is 4.79 Å². The van der Waals surface area contributed by atoms with Gasteiger partial charge in [0.25, 0.3) is 0 Å². The maximum Gasteiger partial charge on any atom is 0.326 e. The lowest BCUT2D eigenvalue weighted by Gasteiger charge is -2.26. The van der Waals surface area contributed by atoms with Crippen LogP contribution in [0.4, 0.5) is 0 Å². The van der Waals surface area contributed by atoms with Crippen LogP contribution in [-0.4, -0.2) is 77.4 Å². The average molecular weight is 442 g/mol. The Morgan fingerprint density at radius 1 is 1.23 bits per heavy atom. The fourth-order valence-electron chi connectivity index (χ4n) is 3.38. The second-order valence-electron chi connectivity index (χ2n) is 8.05. The van der Waals surface area contributed by atoms with Crippen LogP contribution in [0, 0.1) is 5.92 Å². The predicted molar refractivity (Wildman–Crippen MR) is 115 cm³/mol. The third-order valence-electron chi connectivity index (χ3n) is 4.89. The Bertz CT molecular complexity index is 679. The molecule has 3 unspecified atom stereocenters. The summed E-state index contributed by atoms with van der Waals surface area (Å²) < 4.78 is 0. The van der Waals surface area contributed by atoms with Gasteiger partial charge >= 0.3 is 5.97 Å². The summed E-state index contributed by atoms with van der Waals surface area (Å²) in [7, 11) is 0. The average Bonchev–Trinajstić information content (AvgIpc) is 3.17. The van der Waals surface area contributed by atoms with Crippen molar-refractivity contribution in [3.05, 3.63) is 0 Å². The topological polar surface area (TPSA) is 206 Å². The number of carboxylic acid groups (broad SMARTS) is 1. The molecule has 1 aliphatic heterocycles. The number of amides is 3. The first-order chi connectivity index (χ1) is 14.5. The van der Waals surface area contributed by atoms with Gasteiger partial charge in [0, 0.05) is 13.1 Å². The highest BCUT2D eigenvalue weighted by atomic mass is 16.4. The van der Waals surface area contributed by atoms with Gasteiger partial charge in [-0.15, -0.1) is 0 Å². The smallest absolute Gasteiger partial charge is 0.326 e. The lowest BCUT2D eigenvalue weighted by Crippen LogP contribution is -2.53. The highest BCUT2D eigenvalue weighted by Gasteiger charge is 2.36. The maximum absolute atomic E-state index is 12.6. The van der Waals surface area contributed by atoms with E-state index in [1.54, 1.807) is 0 Å². The van der Waals surface area contributed by atoms with Crippen LogP contribution in [0.2, 0.25) is 0 Å². The van der Waals surface area contributed by atoms with E-state index in [-0.39, 0.29) is 30.8 Å². The van der Waals surface area contributed by atoms with E-state index in [0.717, 1.165) is 0 Å². The number of carbonyl (C=O) groups excluding carboxylic acids is 3. The van der Waals surface area contributed by atoms with Crippen LogP contribution in [0.15, 0.2) is 4.99 Å². The molecule has 1 saturated heterocycles. The molecule has 1 aliphatic rings. The normalized spacial score (nSPS) is 17.7. The summed E-state index contributed by atoms with van der Waals surface area (Å²) in [5.41, 5.74) is 16.5. The molecule has 9 N–H and O–H groups in total. The van der Waals surface area contributed by atoms with Crippen molar-refractivity contribution >= 4 is 29.7 Å². The quantitative estimate of drug-likeness (QED) is 0.114. The van der Waals surface area contributed by atoms with Gasteiger partial charge in [-0.1, -0.05) is 13.8 Å². The first kappa shape index (κ1) is 26.1. The van der Waals surface area contributed by atoms with Crippen molar-refractivity contribution in [2.45, 2.75) is 64.1 Å². The molecule has 1 fully saturated rings. The number of hydrogen-bond donors (Lipinski definition) is 6. The van der Waals surface area contributed by atoms with Crippen LogP contribution in [0.1, 0.15) is 46.0 Å². The molecule has 0 radical (unpaired) electrons. The Hall–Kier alpha value is -2.89. The second kappa shape index (κ2) is 12.7. The number of aliphatic carboxylic acids is 1. The van der Waals surface area contributed by atoms with Crippen LogP contribution in [-0.2, 0) is 19.2 Å². The monoisotopic (exact) mass is 441 g/mol. The van der Waals surface area contributed by atoms with E-state index in [9.17, 15) is 24.3 Å². The van der Waals surface area contributed by atoms with Gasteiger partial charge in [0.2, 0.25) is 17.7 Å². The number of nitrogens with two attached hydrogens (primary N) is 3. The van der Waals surface area contributed by atoms with Crippen molar-refractivity contribution in [3.8, 4) is 0 Å². The number of likely N-dealkylation sites (tertiary alicyclic amines) is 1. The lowest BCUT2D eigenvalue weighted by atomic mass is 10.0. The second-order valence-corrected chi connectivity index (χ2v) is 8.05. The minimum Gasteiger partial charge on any atom is -0.480 e. The molecule has 0 aromatic rings. The summed E-state index contributed by atoms with van der Waals surface area (Å²) in [6.07, 6.45) is 2.28. The van der Waals surface area contributed by atoms with E-state index in [1.807, 2.05) is 13.8 Å². The zero-order valence-corrected chi connectivity index (χ0v) is 18.2. The van der Waals surface area contributed by atoms with Crippen LogP contribution < -0.4 is 27.8 Å². The molecule has 0 aliphatic carbocycles. The molecular weight excluding hydrogens is 406 g/mol. The fourth-order valence-corrected chi connectivity index (χ4v) is 3.38. The summed E-state index contributed by atoms with van der Waals surface area (Å²) in [6, 6.07) is -2.51. The van der Waals surface area contributed by atoms with Gasteiger partial charge in [0.05, 0.1) is 12.6 Å². The number of aliphatic imine (C=N–C) groups is 1. The molecule has 0 saturated carbocycles. The molecule has 0 aromatic heterocycles. The van der Waals surface area contributed by atoms with E-state index in [0.29, 0.717) is 38.8 Å². The molecule has 3 atom stereocenters. The Labute approximate surface area is 182 Å². The highest BCUT2D eigenvalue weighted by Crippen LogP contribution is 2.19. The number of nitrogens with zero attached hydrogens (tertiary/aromatic N) is 2. The highest BCUT2D eigenvalue weighted by molar-refractivity contribution is 5.93. The molecule has 31 heavy (non-hydrogen) atoms. The summed E-state index contributed by atoms with van der Waals surface area (Å²) in [6.45, 7) is 4.09. The first-order valence-corrected chi connectivity index (χ1v) is 10.4. The maximum atomic E-state index is 12.6. The molecular formula is C19H35N7O5. The molecule has 0 aromatic carbocycles. The SMILES string of the molecule is CC(C)CC(NC(=O)CNC(=O)C1CCCN1C(=O)C(N)CCCN=C(N)N)C(=O)O. The summed E-state index contributed by atoms with van der Waals surface area (Å²) in [5.74, 6) is -2.49. The van der Waals surface area contributed by atoms with Gasteiger partial charge in [-0.3, -0.25) is 19.4 Å². The Kier molecular flexibility index (Phi) is 10.7. The lowest BCUT2D eigenvalue weighted by molar-refractivity contribution is -0.142. The number of carboxylic acids is 1. The fraction of sp³-hybridized carbons (Fsp3) is 0.737. The Morgan fingerprint density at radius 2 is 1.90 bits per heavy atom. The van der Waals surface area contributed by atoms with E-state index in [4.69, 9.17) is 17.2 Å². The number of nitrogens with one attached hydrogen (secondary N) is 2. The van der Waals surface area contributed by atoms with Crippen molar-refractivity contribution in [3.63, 3.8) is 0 Å². The summed E-state index contributed by atoms with van der Waals surface area (Å²) in [4.78, 5) is 53.7. The van der Waals surface area contributed by atoms with Crippen LogP contribution in [0.3, 0.4) is 0 Å². The van der Waals surface area contributed by atoms with Crippen molar-refractivity contribution in [2.75, 3.05) is 19.6 Å². The van der Waals surface area contributed by atoms with Crippen molar-refractivity contribution in [1.29, 1.82) is 0 Å². The van der Waals surface area contributed by atoms with E-state index < -0.39 is 35.9 Å². The molecule has 3 amide bonds. The molecule has 1 rings (SSSR count). The third-order valence-corrected chi connectivity index (χ3v) is 4.89. The molecule has 0 bridgehead atoms. The van der Waals surface area contributed by atoms with Crippen LogP contribution in [0.5, 0.6) is 0 Å². The zero-order valence-electron chi connectivity index (χ0n) is 18.2. The molecule has 0 spiro atoms. The van der Waals surface area contributed by atoms with Crippen molar-refractivity contribution in [2.24, 2.45) is 28.1 Å². The van der Waals surface area contributed by atoms with Crippen LogP contribution >= 0.6 is 0 Å². The summed E-state index contributed by atoms with van der Waals surface area (Å²) in [5, 5.41) is 14.1. The third kappa shape index (κ3) is 9.20. The van der Waals surface area contributed by atoms with Gasteiger partial charge in [-0.2, -0.15) is 0 Å². The number of carbonyl (C=O) groups is 4. The van der Waals surface area contributed by atoms with Crippen molar-refractivity contribution < 1.29 is 24.3 Å². The van der Waals surface area contributed by atoms with Crippen molar-refractivity contribution in [1.82, 2.24) is 15.5 Å². The number of hydrogen-bond acceptors (Lipinski definition) is 6. The van der Waals surface area contributed by atoms with Gasteiger partial charge in [0.15, 0.2) is 5.96 Å². The first-order valence-electron chi connectivity index (χ1n) is 10.4. The molecule has 176 valence electrons. The predicted octanol–water partition coefficient (Wildman–Crippen LogP) is -1.91. The molecule has 12 nitrogen and oxygen atoms in total.